The van der Waals surface area contributed by atoms with Gasteiger partial charge < -0.3 is 10.5 Å². The third kappa shape index (κ3) is 2.07. The van der Waals surface area contributed by atoms with Crippen molar-refractivity contribution < 1.29 is 9.13 Å². The lowest BCUT2D eigenvalue weighted by atomic mass is 10.2. The van der Waals surface area contributed by atoms with E-state index in [2.05, 4.69) is 5.10 Å². The highest BCUT2D eigenvalue weighted by atomic mass is 19.1. The van der Waals surface area contributed by atoms with E-state index in [0.29, 0.717) is 17.1 Å². The zero-order valence-electron chi connectivity index (χ0n) is 11.2. The molecule has 2 N–H and O–H groups in total. The summed E-state index contributed by atoms with van der Waals surface area (Å²) in [4.78, 5) is 0. The molecule has 3 rings (SSSR count). The van der Waals surface area contributed by atoms with Gasteiger partial charge in [-0.2, -0.15) is 5.10 Å². The van der Waals surface area contributed by atoms with E-state index in [9.17, 15) is 4.39 Å². The van der Waals surface area contributed by atoms with Gasteiger partial charge in [0.1, 0.15) is 11.5 Å². The first-order valence-electron chi connectivity index (χ1n) is 6.20. The Labute approximate surface area is 115 Å². The molecule has 1 heterocycles. The summed E-state index contributed by atoms with van der Waals surface area (Å²) in [6.45, 7) is 1.64. The number of rotatable bonds is 2. The van der Waals surface area contributed by atoms with E-state index in [4.69, 9.17) is 10.5 Å². The highest BCUT2D eigenvalue weighted by Gasteiger charge is 2.10. The average molecular weight is 271 g/mol. The average Bonchev–Trinajstić information content (AvgIpc) is 2.79. The highest BCUT2D eigenvalue weighted by Crippen LogP contribution is 2.30. The lowest BCUT2D eigenvalue weighted by Crippen LogP contribution is -1.96. The standard InChI is InChI=1S/C15H14FN3O/c1-9-14(6-5-12(17)15(9)16)20-11-4-3-10-8-19(2)18-13(10)7-11/h3-8H,17H2,1-2H3. The van der Waals surface area contributed by atoms with E-state index in [0.717, 1.165) is 10.9 Å². The molecule has 0 aliphatic heterocycles. The molecule has 102 valence electrons. The lowest BCUT2D eigenvalue weighted by Gasteiger charge is -2.10. The Hall–Kier alpha value is -2.56. The number of hydrogen-bond acceptors (Lipinski definition) is 3. The van der Waals surface area contributed by atoms with Crippen LogP contribution in [0.2, 0.25) is 0 Å². The van der Waals surface area contributed by atoms with Gasteiger partial charge in [0.05, 0.1) is 11.2 Å². The predicted molar refractivity (Wildman–Crippen MR) is 76.3 cm³/mol. The number of aromatic nitrogens is 2. The fourth-order valence-corrected chi connectivity index (χ4v) is 2.11. The van der Waals surface area contributed by atoms with Crippen molar-refractivity contribution in [3.05, 3.63) is 47.9 Å². The van der Waals surface area contributed by atoms with Crippen LogP contribution in [0.15, 0.2) is 36.5 Å². The topological polar surface area (TPSA) is 53.1 Å². The van der Waals surface area contributed by atoms with Gasteiger partial charge in [-0.1, -0.05) is 0 Å². The van der Waals surface area contributed by atoms with E-state index < -0.39 is 5.82 Å². The first-order valence-corrected chi connectivity index (χ1v) is 6.20. The molecule has 0 bridgehead atoms. The maximum Gasteiger partial charge on any atom is 0.152 e. The third-order valence-corrected chi connectivity index (χ3v) is 3.19. The first-order chi connectivity index (χ1) is 9.54. The van der Waals surface area contributed by atoms with Gasteiger partial charge in [0.15, 0.2) is 5.82 Å². The number of nitrogens with zero attached hydrogens (tertiary/aromatic N) is 2. The molecule has 0 unspecified atom stereocenters. The number of hydrogen-bond donors (Lipinski definition) is 1. The van der Waals surface area contributed by atoms with Crippen LogP contribution in [0, 0.1) is 12.7 Å². The van der Waals surface area contributed by atoms with Crippen molar-refractivity contribution in [3.8, 4) is 11.5 Å². The molecule has 0 atom stereocenters. The van der Waals surface area contributed by atoms with Gasteiger partial charge in [-0.15, -0.1) is 0 Å². The Balaban J connectivity index is 1.98. The van der Waals surface area contributed by atoms with Crippen LogP contribution in [0.1, 0.15) is 5.56 Å². The minimum Gasteiger partial charge on any atom is -0.457 e. The summed E-state index contributed by atoms with van der Waals surface area (Å²) in [7, 11) is 1.86. The molecule has 1 aromatic heterocycles. The number of aryl methyl sites for hydroxylation is 1. The monoisotopic (exact) mass is 271 g/mol. The Bertz CT molecular complexity index is 795. The smallest absolute Gasteiger partial charge is 0.152 e. The second-order valence-corrected chi connectivity index (χ2v) is 4.72. The van der Waals surface area contributed by atoms with Crippen LogP contribution in [-0.4, -0.2) is 9.78 Å². The number of anilines is 1. The summed E-state index contributed by atoms with van der Waals surface area (Å²) >= 11 is 0. The summed E-state index contributed by atoms with van der Waals surface area (Å²) in [6.07, 6.45) is 1.92. The summed E-state index contributed by atoms with van der Waals surface area (Å²) in [6, 6.07) is 8.73. The molecule has 0 saturated heterocycles. The van der Waals surface area contributed by atoms with Crippen molar-refractivity contribution in [3.63, 3.8) is 0 Å². The van der Waals surface area contributed by atoms with Gasteiger partial charge in [-0.05, 0) is 31.2 Å². The Morgan fingerprint density at radius 2 is 2.05 bits per heavy atom. The summed E-state index contributed by atoms with van der Waals surface area (Å²) in [5.41, 5.74) is 6.86. The number of halogens is 1. The van der Waals surface area contributed by atoms with Crippen LogP contribution in [0.5, 0.6) is 11.5 Å². The maximum absolute atomic E-state index is 13.7. The predicted octanol–water partition coefficient (Wildman–Crippen LogP) is 3.40. The number of nitrogens with two attached hydrogens (primary N) is 1. The fourth-order valence-electron chi connectivity index (χ4n) is 2.11. The van der Waals surface area contributed by atoms with Crippen molar-refractivity contribution in [1.82, 2.24) is 9.78 Å². The van der Waals surface area contributed by atoms with Crippen molar-refractivity contribution in [2.24, 2.45) is 7.05 Å². The second kappa shape index (κ2) is 4.52. The summed E-state index contributed by atoms with van der Waals surface area (Å²) < 4.78 is 21.2. The normalized spacial score (nSPS) is 10.9. The van der Waals surface area contributed by atoms with Crippen molar-refractivity contribution in [1.29, 1.82) is 0 Å². The SMILES string of the molecule is Cc1c(Oc2ccc3cn(C)nc3c2)ccc(N)c1F. The molecule has 0 radical (unpaired) electrons. The molecule has 0 aliphatic rings. The minimum atomic E-state index is -0.443. The minimum absolute atomic E-state index is 0.120. The van der Waals surface area contributed by atoms with E-state index in [-0.39, 0.29) is 5.69 Å². The van der Waals surface area contributed by atoms with Gasteiger partial charge in [0, 0.05) is 30.3 Å². The van der Waals surface area contributed by atoms with Gasteiger partial charge in [0.25, 0.3) is 0 Å². The molecule has 5 heteroatoms. The van der Waals surface area contributed by atoms with Crippen LogP contribution < -0.4 is 10.5 Å². The molecule has 0 aliphatic carbocycles. The van der Waals surface area contributed by atoms with Crippen LogP contribution in [0.25, 0.3) is 10.9 Å². The number of benzene rings is 2. The van der Waals surface area contributed by atoms with Gasteiger partial charge >= 0.3 is 0 Å². The molecular formula is C15H14FN3O. The first kappa shape index (κ1) is 12.5. The number of ether oxygens (including phenoxy) is 1. The molecule has 0 amide bonds. The second-order valence-electron chi connectivity index (χ2n) is 4.72. The summed E-state index contributed by atoms with van der Waals surface area (Å²) in [5.74, 6) is 0.622. The molecule has 3 aromatic rings. The third-order valence-electron chi connectivity index (χ3n) is 3.19. The molecule has 20 heavy (non-hydrogen) atoms. The van der Waals surface area contributed by atoms with Crippen molar-refractivity contribution in [2.45, 2.75) is 6.92 Å². The van der Waals surface area contributed by atoms with Crippen LogP contribution in [0.4, 0.5) is 10.1 Å². The zero-order valence-corrected chi connectivity index (χ0v) is 11.2. The zero-order chi connectivity index (χ0) is 14.3. The van der Waals surface area contributed by atoms with E-state index in [1.807, 2.05) is 31.4 Å². The fraction of sp³-hybridized carbons (Fsp3) is 0.133. The molecule has 2 aromatic carbocycles. The molecule has 0 saturated carbocycles. The summed E-state index contributed by atoms with van der Waals surface area (Å²) in [5, 5.41) is 5.34. The molecule has 0 spiro atoms. The van der Waals surface area contributed by atoms with E-state index in [1.54, 1.807) is 17.7 Å². The van der Waals surface area contributed by atoms with E-state index in [1.165, 1.54) is 6.07 Å². The maximum atomic E-state index is 13.7. The van der Waals surface area contributed by atoms with Gasteiger partial charge in [-0.25, -0.2) is 4.39 Å². The van der Waals surface area contributed by atoms with Gasteiger partial charge in [0.2, 0.25) is 0 Å². The highest BCUT2D eigenvalue weighted by molar-refractivity contribution is 5.79. The lowest BCUT2D eigenvalue weighted by molar-refractivity contribution is 0.472. The van der Waals surface area contributed by atoms with Crippen LogP contribution >= 0.6 is 0 Å². The molecular weight excluding hydrogens is 257 g/mol. The van der Waals surface area contributed by atoms with Crippen LogP contribution in [0.3, 0.4) is 0 Å². The number of fused-ring (bicyclic) bond motifs is 1. The van der Waals surface area contributed by atoms with Crippen molar-refractivity contribution in [2.75, 3.05) is 5.73 Å². The largest absolute Gasteiger partial charge is 0.457 e. The Morgan fingerprint density at radius 1 is 1.25 bits per heavy atom. The number of nitrogen functional groups attached to an aromatic ring is 1. The van der Waals surface area contributed by atoms with Gasteiger partial charge in [-0.3, -0.25) is 4.68 Å². The quantitative estimate of drug-likeness (QED) is 0.727. The Morgan fingerprint density at radius 3 is 2.85 bits per heavy atom. The van der Waals surface area contributed by atoms with Crippen LogP contribution in [-0.2, 0) is 7.05 Å². The molecule has 4 nitrogen and oxygen atoms in total. The molecule has 0 fully saturated rings. The Kier molecular flexibility index (Phi) is 2.82. The van der Waals surface area contributed by atoms with Crippen molar-refractivity contribution >= 4 is 16.6 Å². The van der Waals surface area contributed by atoms with E-state index >= 15 is 0 Å².